The van der Waals surface area contributed by atoms with E-state index < -0.39 is 0 Å². The minimum Gasteiger partial charge on any atom is -1.00 e. The van der Waals surface area contributed by atoms with E-state index in [9.17, 15) is 0 Å². The molecule has 0 bridgehead atoms. The van der Waals surface area contributed by atoms with Crippen LogP contribution >= 0.6 is 0 Å². The Morgan fingerprint density at radius 1 is 1.00 bits per heavy atom. The molecule has 4 heavy (non-hydrogen) atoms. The maximum atomic E-state index is 0. The topological polar surface area (TPSA) is 0 Å². The third-order valence-electron chi connectivity index (χ3n) is 0. The Hall–Kier alpha value is 4.23. The molecule has 0 saturated carbocycles. The van der Waals surface area contributed by atoms with E-state index in [0.29, 0.717) is 0 Å². The van der Waals surface area contributed by atoms with Gasteiger partial charge in [0.25, 0.3) is 0 Å². The van der Waals surface area contributed by atoms with Gasteiger partial charge in [0, 0.05) is 0 Å². The summed E-state index contributed by atoms with van der Waals surface area (Å²) in [5, 5.41) is 0. The molecule has 0 aromatic rings. The first kappa shape index (κ1) is 24.0. The van der Waals surface area contributed by atoms with Gasteiger partial charge in [-0.05, 0) is 0 Å². The summed E-state index contributed by atoms with van der Waals surface area (Å²) in [6.07, 6.45) is 0. The van der Waals surface area contributed by atoms with Crippen molar-refractivity contribution < 1.29 is 135 Å². The van der Waals surface area contributed by atoms with Crippen LogP contribution in [-0.2, 0) is 0 Å². The van der Waals surface area contributed by atoms with Crippen LogP contribution in [0, 0.1) is 0 Å². The van der Waals surface area contributed by atoms with Gasteiger partial charge in [0.1, 0.15) is 0 Å². The fourth-order valence-electron chi connectivity index (χ4n) is 0. The van der Waals surface area contributed by atoms with Crippen LogP contribution in [-0.4, -0.2) is 0 Å². The average Bonchev–Trinajstić information content (AvgIpc) is 0. The molecule has 0 radical (unpaired) electrons. The van der Waals surface area contributed by atoms with Crippen LogP contribution in [0.2, 0.25) is 0 Å². The van der Waals surface area contributed by atoms with E-state index in [-0.39, 0.29) is 135 Å². The molecule has 0 aromatic heterocycles. The van der Waals surface area contributed by atoms with E-state index in [1.165, 1.54) is 0 Å². The summed E-state index contributed by atoms with van der Waals surface area (Å²) in [4.78, 5) is 0. The van der Waals surface area contributed by atoms with Crippen molar-refractivity contribution in [2.24, 2.45) is 0 Å². The van der Waals surface area contributed by atoms with Crippen LogP contribution in [0.25, 0.3) is 0 Å². The Morgan fingerprint density at radius 3 is 1.00 bits per heavy atom. The molecule has 0 spiro atoms. The molecule has 0 aromatic carbocycles. The Bertz CT molecular complexity index is 14.0. The molecular formula is H4KLiNa2. The molecule has 0 aliphatic rings. The molecule has 0 nitrogen and oxygen atoms in total. The number of rotatable bonds is 0. The Balaban J connectivity index is 0. The Kier molecular flexibility index (Phi) is 94.2. The van der Waals surface area contributed by atoms with Crippen molar-refractivity contribution in [1.82, 2.24) is 0 Å². The monoisotopic (exact) mass is 96.0 g/mol. The van der Waals surface area contributed by atoms with Gasteiger partial charge in [0.2, 0.25) is 0 Å². The molecule has 0 aliphatic heterocycles. The van der Waals surface area contributed by atoms with Gasteiger partial charge >= 0.3 is 129 Å². The maximum Gasteiger partial charge on any atom is 1.00 e. The molecule has 0 fully saturated rings. The van der Waals surface area contributed by atoms with Crippen LogP contribution in [0.15, 0.2) is 0 Å². The van der Waals surface area contributed by atoms with Crippen molar-refractivity contribution >= 4 is 0 Å². The van der Waals surface area contributed by atoms with Crippen molar-refractivity contribution in [3.05, 3.63) is 0 Å². The van der Waals surface area contributed by atoms with Crippen molar-refractivity contribution in [2.75, 3.05) is 0 Å². The van der Waals surface area contributed by atoms with E-state index in [2.05, 4.69) is 0 Å². The molecule has 0 rings (SSSR count). The molecule has 0 saturated heterocycles. The van der Waals surface area contributed by atoms with Gasteiger partial charge in [0.15, 0.2) is 0 Å². The first-order chi connectivity index (χ1) is 0. The van der Waals surface area contributed by atoms with Gasteiger partial charge in [-0.15, -0.1) is 0 Å². The molecule has 0 heterocycles. The second-order valence-electron chi connectivity index (χ2n) is 0. The molecule has 0 atom stereocenters. The molecular weight excluding hydrogens is 92.0 g/mol. The van der Waals surface area contributed by atoms with Crippen molar-refractivity contribution in [1.29, 1.82) is 0 Å². The standard InChI is InChI=1S/K.Li.2Na.4H/q4*+1;4*-1. The van der Waals surface area contributed by atoms with E-state index in [1.54, 1.807) is 0 Å². The summed E-state index contributed by atoms with van der Waals surface area (Å²) in [5.41, 5.74) is 0. The Morgan fingerprint density at radius 2 is 1.00 bits per heavy atom. The zero-order valence-electron chi connectivity index (χ0n) is 8.00. The summed E-state index contributed by atoms with van der Waals surface area (Å²) in [6.45, 7) is 0. The molecule has 4 heteroatoms. The van der Waals surface area contributed by atoms with E-state index >= 15 is 0 Å². The summed E-state index contributed by atoms with van der Waals surface area (Å²) in [6, 6.07) is 0. The number of hydrogen-bond acceptors (Lipinski definition) is 0. The van der Waals surface area contributed by atoms with Crippen molar-refractivity contribution in [3.8, 4) is 0 Å². The summed E-state index contributed by atoms with van der Waals surface area (Å²) in [7, 11) is 0. The first-order valence-corrected chi connectivity index (χ1v) is 0. The van der Waals surface area contributed by atoms with E-state index in [1.807, 2.05) is 0 Å². The van der Waals surface area contributed by atoms with Crippen molar-refractivity contribution in [3.63, 3.8) is 0 Å². The summed E-state index contributed by atoms with van der Waals surface area (Å²) < 4.78 is 0. The van der Waals surface area contributed by atoms with Crippen LogP contribution < -0.4 is 129 Å². The zero-order valence-corrected chi connectivity index (χ0v) is 11.1. The van der Waals surface area contributed by atoms with Gasteiger partial charge < -0.3 is 5.71 Å². The average molecular weight is 96.1 g/mol. The van der Waals surface area contributed by atoms with Crippen LogP contribution in [0.1, 0.15) is 5.71 Å². The largest absolute Gasteiger partial charge is 1.00 e. The second-order valence-corrected chi connectivity index (χ2v) is 0. The fourth-order valence-corrected chi connectivity index (χ4v) is 0. The third kappa shape index (κ3) is 9.53. The summed E-state index contributed by atoms with van der Waals surface area (Å²) >= 11 is 0. The van der Waals surface area contributed by atoms with Gasteiger partial charge in [-0.3, -0.25) is 0 Å². The van der Waals surface area contributed by atoms with Gasteiger partial charge in [-0.1, -0.05) is 0 Å². The normalized spacial score (nSPS) is 0. The van der Waals surface area contributed by atoms with Crippen LogP contribution in [0.3, 0.4) is 0 Å². The molecule has 0 unspecified atom stereocenters. The second kappa shape index (κ2) is 15.7. The SMILES string of the molecule is [H-].[H-].[H-].[H-].[K+].[Li+].[Na+].[Na+]. The summed E-state index contributed by atoms with van der Waals surface area (Å²) in [5.74, 6) is 0. The smallest absolute Gasteiger partial charge is 1.00 e. The maximum absolute atomic E-state index is 0. The van der Waals surface area contributed by atoms with Gasteiger partial charge in [-0.25, -0.2) is 0 Å². The predicted octanol–water partition coefficient (Wildman–Crippen LogP) is -11.5. The third-order valence-corrected chi connectivity index (χ3v) is 0. The molecule has 0 aliphatic carbocycles. The van der Waals surface area contributed by atoms with Crippen LogP contribution in [0.5, 0.6) is 0 Å². The van der Waals surface area contributed by atoms with Gasteiger partial charge in [-0.2, -0.15) is 0 Å². The molecule has 0 amide bonds. The van der Waals surface area contributed by atoms with Crippen LogP contribution in [0.4, 0.5) is 0 Å². The fraction of sp³-hybridized carbons (Fsp3) is 0. The molecule has 8 valence electrons. The van der Waals surface area contributed by atoms with Gasteiger partial charge in [0.05, 0.1) is 0 Å². The minimum absolute atomic E-state index is 0. The quantitative estimate of drug-likeness (QED) is 0.263. The Labute approximate surface area is 131 Å². The minimum atomic E-state index is 0. The van der Waals surface area contributed by atoms with E-state index in [0.717, 1.165) is 0 Å². The van der Waals surface area contributed by atoms with Crippen molar-refractivity contribution in [2.45, 2.75) is 0 Å². The van der Waals surface area contributed by atoms with E-state index in [4.69, 9.17) is 0 Å². The predicted molar refractivity (Wildman–Crippen MR) is 4.45 cm³/mol. The zero-order chi connectivity index (χ0) is 0. The molecule has 0 N–H and O–H groups in total. The first-order valence-electron chi connectivity index (χ1n) is 0. The number of hydrogen-bond donors (Lipinski definition) is 0.